The number of anilines is 1. The normalized spacial score (nSPS) is 11.4. The van der Waals surface area contributed by atoms with Gasteiger partial charge in [-0.05, 0) is 38.3 Å². The zero-order valence-electron chi connectivity index (χ0n) is 16.7. The molecule has 0 bridgehead atoms. The van der Waals surface area contributed by atoms with E-state index in [1.165, 1.54) is 0 Å². The van der Waals surface area contributed by atoms with Crippen molar-refractivity contribution in [2.24, 2.45) is 4.99 Å². The van der Waals surface area contributed by atoms with Crippen LogP contribution in [0.2, 0.25) is 0 Å². The van der Waals surface area contributed by atoms with Crippen molar-refractivity contribution in [2.75, 3.05) is 25.0 Å². The molecule has 2 heterocycles. The molecule has 3 N–H and O–H groups in total. The second kappa shape index (κ2) is 11.9. The number of rotatable bonds is 11. The number of hydrogen-bond donors (Lipinski definition) is 3. The largest absolute Gasteiger partial charge is 0.370 e. The van der Waals surface area contributed by atoms with E-state index in [2.05, 4.69) is 46.9 Å². The molecule has 7 nitrogen and oxygen atoms in total. The summed E-state index contributed by atoms with van der Waals surface area (Å²) >= 11 is 0. The number of guanidine groups is 1. The molecule has 0 aliphatic rings. The molecule has 0 radical (unpaired) electrons. The van der Waals surface area contributed by atoms with Gasteiger partial charge in [0.1, 0.15) is 11.6 Å². The summed E-state index contributed by atoms with van der Waals surface area (Å²) in [5, 5.41) is 14.2. The van der Waals surface area contributed by atoms with E-state index in [1.807, 2.05) is 18.2 Å². The van der Waals surface area contributed by atoms with E-state index in [9.17, 15) is 0 Å². The highest BCUT2D eigenvalue weighted by Crippen LogP contribution is 2.16. The van der Waals surface area contributed by atoms with Crippen molar-refractivity contribution in [1.82, 2.24) is 20.8 Å². The smallest absolute Gasteiger partial charge is 0.191 e. The quantitative estimate of drug-likeness (QED) is 0.319. The van der Waals surface area contributed by atoms with E-state index in [1.54, 1.807) is 6.20 Å². The molecule has 0 saturated heterocycles. The third-order valence-electron chi connectivity index (χ3n) is 4.21. The maximum Gasteiger partial charge on any atom is 0.191 e. The first kappa shape index (κ1) is 20.7. The van der Waals surface area contributed by atoms with Crippen molar-refractivity contribution in [3.63, 3.8) is 0 Å². The van der Waals surface area contributed by atoms with Crippen LogP contribution in [0.3, 0.4) is 0 Å². The number of hydrogen-bond acceptors (Lipinski definition) is 5. The predicted octanol–water partition coefficient (Wildman–Crippen LogP) is 3.14. The third kappa shape index (κ3) is 6.92. The van der Waals surface area contributed by atoms with Crippen LogP contribution < -0.4 is 16.0 Å². The number of aromatic nitrogens is 2. The summed E-state index contributed by atoms with van der Waals surface area (Å²) in [5.74, 6) is 2.69. The molecular formula is C20H32N6O. The Morgan fingerprint density at radius 2 is 1.93 bits per heavy atom. The number of nitrogens with one attached hydrogen (secondary N) is 3. The summed E-state index contributed by atoms with van der Waals surface area (Å²) in [4.78, 5) is 8.96. The standard InChI is InChI=1S/C20H32N6O/c1-4-17-16(18(5-2)27-26-17)15-25-20(21-6-3)24-14-10-9-13-23-19-11-7-8-12-22-19/h7-8,11-12H,4-6,9-10,13-15H2,1-3H3,(H,22,23)(H2,21,24,25). The minimum atomic E-state index is 0.590. The molecule has 27 heavy (non-hydrogen) atoms. The molecule has 7 heteroatoms. The molecular weight excluding hydrogens is 340 g/mol. The van der Waals surface area contributed by atoms with Gasteiger partial charge in [0.2, 0.25) is 0 Å². The Balaban J connectivity index is 1.76. The van der Waals surface area contributed by atoms with Gasteiger partial charge in [-0.3, -0.25) is 0 Å². The Bertz CT molecular complexity index is 662. The first-order valence-electron chi connectivity index (χ1n) is 9.91. The molecule has 2 aromatic heterocycles. The molecule has 2 aromatic rings. The van der Waals surface area contributed by atoms with Crippen LogP contribution >= 0.6 is 0 Å². The van der Waals surface area contributed by atoms with Crippen LogP contribution in [0.4, 0.5) is 5.82 Å². The van der Waals surface area contributed by atoms with Gasteiger partial charge in [0.15, 0.2) is 5.96 Å². The van der Waals surface area contributed by atoms with Gasteiger partial charge in [0, 0.05) is 37.8 Å². The van der Waals surface area contributed by atoms with E-state index in [-0.39, 0.29) is 0 Å². The van der Waals surface area contributed by atoms with Crippen molar-refractivity contribution < 1.29 is 4.52 Å². The third-order valence-corrected chi connectivity index (χ3v) is 4.21. The van der Waals surface area contributed by atoms with Gasteiger partial charge in [0.25, 0.3) is 0 Å². The zero-order chi connectivity index (χ0) is 19.3. The van der Waals surface area contributed by atoms with Gasteiger partial charge < -0.3 is 20.5 Å². The van der Waals surface area contributed by atoms with E-state index < -0.39 is 0 Å². The van der Waals surface area contributed by atoms with E-state index in [0.29, 0.717) is 6.54 Å². The molecule has 0 fully saturated rings. The van der Waals surface area contributed by atoms with E-state index in [0.717, 1.165) is 74.1 Å². The minimum absolute atomic E-state index is 0.590. The molecule has 0 aliphatic carbocycles. The van der Waals surface area contributed by atoms with Gasteiger partial charge >= 0.3 is 0 Å². The number of aryl methyl sites for hydroxylation is 2. The SMILES string of the molecule is CCNC(=NCc1c(CC)noc1CC)NCCCCNc1ccccn1. The second-order valence-corrected chi connectivity index (χ2v) is 6.21. The molecule has 0 spiro atoms. The monoisotopic (exact) mass is 372 g/mol. The van der Waals surface area contributed by atoms with Crippen molar-refractivity contribution in [3.8, 4) is 0 Å². The predicted molar refractivity (Wildman–Crippen MR) is 110 cm³/mol. The highest BCUT2D eigenvalue weighted by atomic mass is 16.5. The molecule has 0 atom stereocenters. The van der Waals surface area contributed by atoms with Gasteiger partial charge in [0.05, 0.1) is 12.2 Å². The number of nitrogens with zero attached hydrogens (tertiary/aromatic N) is 3. The van der Waals surface area contributed by atoms with Crippen LogP contribution in [0, 0.1) is 0 Å². The van der Waals surface area contributed by atoms with Crippen molar-refractivity contribution in [3.05, 3.63) is 41.4 Å². The van der Waals surface area contributed by atoms with Gasteiger partial charge in [-0.1, -0.05) is 25.1 Å². The molecule has 2 rings (SSSR count). The summed E-state index contributed by atoms with van der Waals surface area (Å²) in [5.41, 5.74) is 2.13. The highest BCUT2D eigenvalue weighted by molar-refractivity contribution is 5.79. The van der Waals surface area contributed by atoms with Gasteiger partial charge in [-0.15, -0.1) is 0 Å². The lowest BCUT2D eigenvalue weighted by molar-refractivity contribution is 0.380. The van der Waals surface area contributed by atoms with Gasteiger partial charge in [-0.2, -0.15) is 0 Å². The Morgan fingerprint density at radius 3 is 2.63 bits per heavy atom. The van der Waals surface area contributed by atoms with Crippen LogP contribution in [0.5, 0.6) is 0 Å². The Morgan fingerprint density at radius 1 is 1.07 bits per heavy atom. The zero-order valence-corrected chi connectivity index (χ0v) is 16.7. The molecule has 0 saturated carbocycles. The summed E-state index contributed by atoms with van der Waals surface area (Å²) in [6.45, 7) is 9.45. The molecule has 0 amide bonds. The van der Waals surface area contributed by atoms with Gasteiger partial charge in [-0.25, -0.2) is 9.98 Å². The average Bonchev–Trinajstić information content (AvgIpc) is 3.11. The van der Waals surface area contributed by atoms with E-state index >= 15 is 0 Å². The van der Waals surface area contributed by atoms with Crippen LogP contribution in [-0.4, -0.2) is 35.7 Å². The fourth-order valence-electron chi connectivity index (χ4n) is 2.76. The lowest BCUT2D eigenvalue weighted by Crippen LogP contribution is -2.37. The Kier molecular flexibility index (Phi) is 9.17. The first-order valence-corrected chi connectivity index (χ1v) is 9.91. The topological polar surface area (TPSA) is 87.4 Å². The van der Waals surface area contributed by atoms with Crippen LogP contribution in [-0.2, 0) is 19.4 Å². The lowest BCUT2D eigenvalue weighted by Gasteiger charge is -2.11. The molecule has 0 unspecified atom stereocenters. The number of unbranched alkanes of at least 4 members (excludes halogenated alkanes) is 1. The fraction of sp³-hybridized carbons (Fsp3) is 0.550. The molecule has 148 valence electrons. The summed E-state index contributed by atoms with van der Waals surface area (Å²) in [6, 6.07) is 5.89. The van der Waals surface area contributed by atoms with Crippen LogP contribution in [0.25, 0.3) is 0 Å². The van der Waals surface area contributed by atoms with E-state index in [4.69, 9.17) is 9.52 Å². The maximum atomic E-state index is 5.42. The lowest BCUT2D eigenvalue weighted by atomic mass is 10.1. The van der Waals surface area contributed by atoms with Crippen molar-refractivity contribution >= 4 is 11.8 Å². The Hall–Kier alpha value is -2.57. The number of pyridine rings is 1. The van der Waals surface area contributed by atoms with Crippen molar-refractivity contribution in [1.29, 1.82) is 0 Å². The van der Waals surface area contributed by atoms with Crippen molar-refractivity contribution in [2.45, 2.75) is 53.0 Å². The highest BCUT2D eigenvalue weighted by Gasteiger charge is 2.12. The first-order chi connectivity index (χ1) is 13.3. The number of aliphatic imine (C=N–C) groups is 1. The average molecular weight is 373 g/mol. The fourth-order valence-corrected chi connectivity index (χ4v) is 2.76. The Labute approximate surface area is 162 Å². The summed E-state index contributed by atoms with van der Waals surface area (Å²) in [6.07, 6.45) is 5.62. The molecule has 0 aromatic carbocycles. The van der Waals surface area contributed by atoms with Crippen LogP contribution in [0.1, 0.15) is 50.6 Å². The minimum Gasteiger partial charge on any atom is -0.370 e. The maximum absolute atomic E-state index is 5.42. The van der Waals surface area contributed by atoms with Crippen LogP contribution in [0.15, 0.2) is 33.9 Å². The second-order valence-electron chi connectivity index (χ2n) is 6.21. The summed E-state index contributed by atoms with van der Waals surface area (Å²) < 4.78 is 5.42. The molecule has 0 aliphatic heterocycles. The summed E-state index contributed by atoms with van der Waals surface area (Å²) in [7, 11) is 0.